The molecule has 0 amide bonds. The van der Waals surface area contributed by atoms with Crippen LogP contribution in [-0.4, -0.2) is 40.4 Å². The van der Waals surface area contributed by atoms with Crippen molar-refractivity contribution in [1.82, 2.24) is 14.6 Å². The second-order valence-electron chi connectivity index (χ2n) is 6.91. The van der Waals surface area contributed by atoms with Gasteiger partial charge in [0.2, 0.25) is 0 Å². The van der Waals surface area contributed by atoms with Gasteiger partial charge in [0.05, 0.1) is 18.5 Å². The zero-order valence-electron chi connectivity index (χ0n) is 15.4. The van der Waals surface area contributed by atoms with Crippen molar-refractivity contribution in [2.45, 2.75) is 25.7 Å². The van der Waals surface area contributed by atoms with Crippen LogP contribution in [0.1, 0.15) is 41.7 Å². The van der Waals surface area contributed by atoms with Crippen molar-refractivity contribution in [3.63, 3.8) is 0 Å². The zero-order valence-corrected chi connectivity index (χ0v) is 15.4. The molecule has 3 aromatic rings. The third-order valence-corrected chi connectivity index (χ3v) is 4.97. The average molecular weight is 381 g/mol. The molecule has 144 valence electrons. The fourth-order valence-electron chi connectivity index (χ4n) is 3.57. The summed E-state index contributed by atoms with van der Waals surface area (Å²) in [6.45, 7) is 3.01. The van der Waals surface area contributed by atoms with Crippen LogP contribution in [0, 0.1) is 0 Å². The molecule has 0 bridgehead atoms. The molecule has 5 rings (SSSR count). The number of nitrogens with zero attached hydrogens (tertiary/aromatic N) is 2. The summed E-state index contributed by atoms with van der Waals surface area (Å²) in [6, 6.07) is 5.49. The molecule has 28 heavy (non-hydrogen) atoms. The first-order valence-electron chi connectivity index (χ1n) is 9.38. The van der Waals surface area contributed by atoms with Crippen molar-refractivity contribution < 1.29 is 19.0 Å². The lowest BCUT2D eigenvalue weighted by atomic mass is 10.1. The summed E-state index contributed by atoms with van der Waals surface area (Å²) >= 11 is 0. The number of ether oxygens (including phenoxy) is 3. The van der Waals surface area contributed by atoms with Gasteiger partial charge in [-0.3, -0.25) is 4.79 Å². The number of aromatic nitrogens is 3. The standard InChI is InChI=1S/C20H19N3O5/c1-2-26-20(25)17-16(11-3-4-11)18-19(24)21-13(10-23(18)22-17)12-5-6-14-15(9-12)28-8-7-27-14/h5-6,9-11H,2-4,7-8H2,1H3,(H,21,24). The van der Waals surface area contributed by atoms with E-state index in [0.717, 1.165) is 18.4 Å². The van der Waals surface area contributed by atoms with Crippen molar-refractivity contribution in [1.29, 1.82) is 0 Å². The summed E-state index contributed by atoms with van der Waals surface area (Å²) in [5, 5.41) is 4.39. The highest BCUT2D eigenvalue weighted by Crippen LogP contribution is 2.43. The highest BCUT2D eigenvalue weighted by molar-refractivity contribution is 5.92. The Morgan fingerprint density at radius 3 is 2.82 bits per heavy atom. The molecule has 1 N–H and O–H groups in total. The molecule has 0 unspecified atom stereocenters. The Hall–Kier alpha value is -3.29. The second-order valence-corrected chi connectivity index (χ2v) is 6.91. The highest BCUT2D eigenvalue weighted by Gasteiger charge is 2.34. The van der Waals surface area contributed by atoms with E-state index in [9.17, 15) is 9.59 Å². The van der Waals surface area contributed by atoms with E-state index in [1.54, 1.807) is 13.1 Å². The molecule has 0 spiro atoms. The second kappa shape index (κ2) is 6.40. The van der Waals surface area contributed by atoms with Gasteiger partial charge in [-0.05, 0) is 43.9 Å². The molecule has 1 aromatic carbocycles. The normalized spacial score (nSPS) is 15.6. The van der Waals surface area contributed by atoms with E-state index in [1.165, 1.54) is 4.52 Å². The van der Waals surface area contributed by atoms with Gasteiger partial charge < -0.3 is 19.2 Å². The number of hydrogen-bond acceptors (Lipinski definition) is 6. The number of esters is 1. The maximum atomic E-state index is 12.9. The molecular weight excluding hydrogens is 362 g/mol. The topological polar surface area (TPSA) is 94.9 Å². The van der Waals surface area contributed by atoms with E-state index in [1.807, 2.05) is 18.2 Å². The number of hydrogen-bond donors (Lipinski definition) is 1. The predicted molar refractivity (Wildman–Crippen MR) is 100 cm³/mol. The average Bonchev–Trinajstić information content (AvgIpc) is 3.47. The van der Waals surface area contributed by atoms with Gasteiger partial charge in [0.25, 0.3) is 5.56 Å². The van der Waals surface area contributed by atoms with Crippen molar-refractivity contribution in [3.8, 4) is 22.8 Å². The molecule has 2 aromatic heterocycles. The number of nitrogens with one attached hydrogen (secondary N) is 1. The van der Waals surface area contributed by atoms with Crippen LogP contribution in [0.5, 0.6) is 11.5 Å². The lowest BCUT2D eigenvalue weighted by Crippen LogP contribution is -2.15. The maximum Gasteiger partial charge on any atom is 0.359 e. The molecule has 1 saturated carbocycles. The summed E-state index contributed by atoms with van der Waals surface area (Å²) in [5.41, 5.74) is 2.39. The molecule has 1 aliphatic heterocycles. The van der Waals surface area contributed by atoms with Crippen LogP contribution in [0.25, 0.3) is 16.8 Å². The Labute approximate surface area is 160 Å². The van der Waals surface area contributed by atoms with Gasteiger partial charge in [-0.25, -0.2) is 9.31 Å². The third-order valence-electron chi connectivity index (χ3n) is 4.97. The minimum atomic E-state index is -0.492. The third kappa shape index (κ3) is 2.72. The number of benzene rings is 1. The molecule has 3 heterocycles. The summed E-state index contributed by atoms with van der Waals surface area (Å²) in [7, 11) is 0. The van der Waals surface area contributed by atoms with Gasteiger partial charge in [-0.1, -0.05) is 0 Å². The van der Waals surface area contributed by atoms with Crippen LogP contribution in [0.2, 0.25) is 0 Å². The summed E-state index contributed by atoms with van der Waals surface area (Å²) in [4.78, 5) is 28.2. The summed E-state index contributed by atoms with van der Waals surface area (Å²) in [6.07, 6.45) is 3.60. The van der Waals surface area contributed by atoms with Gasteiger partial charge in [-0.15, -0.1) is 0 Å². The van der Waals surface area contributed by atoms with Gasteiger partial charge in [0, 0.05) is 11.1 Å². The Morgan fingerprint density at radius 2 is 2.07 bits per heavy atom. The van der Waals surface area contributed by atoms with Gasteiger partial charge in [0.1, 0.15) is 18.7 Å². The summed E-state index contributed by atoms with van der Waals surface area (Å²) in [5.74, 6) is 1.00. The maximum absolute atomic E-state index is 12.9. The number of fused-ring (bicyclic) bond motifs is 2. The Kier molecular flexibility index (Phi) is 3.85. The quantitative estimate of drug-likeness (QED) is 0.698. The van der Waals surface area contributed by atoms with Crippen LogP contribution in [0.3, 0.4) is 0 Å². The first kappa shape index (κ1) is 16.9. The molecule has 0 radical (unpaired) electrons. The minimum Gasteiger partial charge on any atom is -0.486 e. The van der Waals surface area contributed by atoms with Crippen molar-refractivity contribution in [2.24, 2.45) is 0 Å². The zero-order chi connectivity index (χ0) is 19.3. The SMILES string of the molecule is CCOC(=O)c1nn2cc(-c3ccc4c(c3)OCCO4)[nH]c(=O)c2c1C1CC1. The number of H-pyrrole nitrogens is 1. The fraction of sp³-hybridized carbons (Fsp3) is 0.350. The number of carbonyl (C=O) groups is 1. The number of rotatable bonds is 4. The van der Waals surface area contributed by atoms with E-state index in [-0.39, 0.29) is 23.8 Å². The largest absolute Gasteiger partial charge is 0.486 e. The predicted octanol–water partition coefficient (Wildman–Crippen LogP) is 2.51. The van der Waals surface area contributed by atoms with E-state index in [0.29, 0.717) is 41.5 Å². The van der Waals surface area contributed by atoms with E-state index >= 15 is 0 Å². The van der Waals surface area contributed by atoms with Crippen molar-refractivity contribution in [2.75, 3.05) is 19.8 Å². The van der Waals surface area contributed by atoms with Gasteiger partial charge in [0.15, 0.2) is 17.2 Å². The highest BCUT2D eigenvalue weighted by atomic mass is 16.6. The molecule has 0 atom stereocenters. The van der Waals surface area contributed by atoms with Crippen molar-refractivity contribution in [3.05, 3.63) is 46.0 Å². The van der Waals surface area contributed by atoms with Crippen LogP contribution in [-0.2, 0) is 4.74 Å². The van der Waals surface area contributed by atoms with Gasteiger partial charge in [-0.2, -0.15) is 5.10 Å². The molecule has 8 nitrogen and oxygen atoms in total. The Balaban J connectivity index is 1.65. The van der Waals surface area contributed by atoms with Crippen molar-refractivity contribution >= 4 is 11.5 Å². The number of carbonyl (C=O) groups excluding carboxylic acids is 1. The molecule has 1 aliphatic carbocycles. The monoisotopic (exact) mass is 381 g/mol. The lowest BCUT2D eigenvalue weighted by molar-refractivity contribution is 0.0517. The first-order valence-corrected chi connectivity index (χ1v) is 9.38. The van der Waals surface area contributed by atoms with E-state index < -0.39 is 5.97 Å². The number of aromatic amines is 1. The van der Waals surface area contributed by atoms with E-state index in [4.69, 9.17) is 14.2 Å². The molecule has 2 aliphatic rings. The van der Waals surface area contributed by atoms with Crippen LogP contribution in [0.4, 0.5) is 0 Å². The van der Waals surface area contributed by atoms with E-state index in [2.05, 4.69) is 10.1 Å². The summed E-state index contributed by atoms with van der Waals surface area (Å²) < 4.78 is 17.8. The fourth-order valence-corrected chi connectivity index (χ4v) is 3.57. The lowest BCUT2D eigenvalue weighted by Gasteiger charge is -2.18. The minimum absolute atomic E-state index is 0.179. The molecule has 0 saturated heterocycles. The first-order chi connectivity index (χ1) is 13.7. The molecule has 8 heteroatoms. The van der Waals surface area contributed by atoms with Crippen LogP contribution >= 0.6 is 0 Å². The Morgan fingerprint density at radius 1 is 1.29 bits per heavy atom. The smallest absolute Gasteiger partial charge is 0.359 e. The molecular formula is C20H19N3O5. The van der Waals surface area contributed by atoms with Crippen LogP contribution < -0.4 is 15.0 Å². The Bertz CT molecular complexity index is 1140. The van der Waals surface area contributed by atoms with Gasteiger partial charge >= 0.3 is 5.97 Å². The van der Waals surface area contributed by atoms with Crippen LogP contribution in [0.15, 0.2) is 29.2 Å². The molecule has 1 fully saturated rings.